The van der Waals surface area contributed by atoms with Crippen LogP contribution in [0.3, 0.4) is 0 Å². The molecule has 0 radical (unpaired) electrons. The van der Waals surface area contributed by atoms with Gasteiger partial charge in [0.05, 0.1) is 10.9 Å². The number of aromatic nitrogens is 2. The molecule has 1 saturated carbocycles. The number of H-pyrrole nitrogens is 1. The predicted molar refractivity (Wildman–Crippen MR) is 136 cm³/mol. The largest absolute Gasteiger partial charge is 0.454 e. The van der Waals surface area contributed by atoms with Gasteiger partial charge in [-0.1, -0.05) is 66.7 Å². The van der Waals surface area contributed by atoms with Crippen LogP contribution in [-0.4, -0.2) is 10.2 Å². The van der Waals surface area contributed by atoms with Crippen molar-refractivity contribution < 1.29 is 17.6 Å². The van der Waals surface area contributed by atoms with Gasteiger partial charge < -0.3 is 10.2 Å². The fourth-order valence-electron chi connectivity index (χ4n) is 5.01. The van der Waals surface area contributed by atoms with Gasteiger partial charge in [-0.25, -0.2) is 0 Å². The fourth-order valence-corrected chi connectivity index (χ4v) is 5.01. The van der Waals surface area contributed by atoms with E-state index in [-0.39, 0.29) is 38.8 Å². The molecular formula is C29H22F3N3O2. The summed E-state index contributed by atoms with van der Waals surface area (Å²) in [5.74, 6) is 0.279. The molecule has 0 aliphatic heterocycles. The number of benzene rings is 3. The van der Waals surface area contributed by atoms with Crippen LogP contribution in [0, 0.1) is 0 Å². The van der Waals surface area contributed by atoms with Gasteiger partial charge in [0.1, 0.15) is 11.3 Å². The molecule has 186 valence electrons. The lowest BCUT2D eigenvalue weighted by Crippen LogP contribution is -2.43. The Balaban J connectivity index is 1.61. The number of rotatable bonds is 4. The van der Waals surface area contributed by atoms with Gasteiger partial charge >= 0.3 is 6.18 Å². The topological polar surface area (TPSA) is 84.9 Å². The molecule has 0 unspecified atom stereocenters. The van der Waals surface area contributed by atoms with Crippen molar-refractivity contribution in [3.8, 4) is 33.6 Å². The van der Waals surface area contributed by atoms with Gasteiger partial charge in [0.25, 0.3) is 0 Å². The number of alkyl halides is 3. The summed E-state index contributed by atoms with van der Waals surface area (Å²) in [6.45, 7) is 0. The molecular weight excluding hydrogens is 479 g/mol. The van der Waals surface area contributed by atoms with E-state index < -0.39 is 11.9 Å². The summed E-state index contributed by atoms with van der Waals surface area (Å²) in [5, 5.41) is 5.87. The van der Waals surface area contributed by atoms with Crippen LogP contribution in [0.2, 0.25) is 0 Å². The second kappa shape index (κ2) is 8.45. The van der Waals surface area contributed by atoms with Gasteiger partial charge in [-0.2, -0.15) is 18.3 Å². The molecule has 5 nitrogen and oxygen atoms in total. The molecule has 8 heteroatoms. The van der Waals surface area contributed by atoms with Crippen molar-refractivity contribution in [2.24, 2.45) is 5.73 Å². The standard InChI is InChI=1S/C29H22F3N3O2/c30-29(31,32)27-22(16-34-35-27)20-8-4-9-21-24(36)23(25(37-26(20)21)18-6-2-1-3-7-18)17-10-12-19(13-11-17)28(33)14-5-15-28/h1-4,6-13,16H,5,14-15,33H2,(H,34,35). The van der Waals surface area contributed by atoms with Crippen LogP contribution < -0.4 is 11.2 Å². The Hall–Kier alpha value is -4.17. The number of aromatic amines is 1. The second-order valence-electron chi connectivity index (χ2n) is 9.42. The number of para-hydroxylation sites is 1. The highest BCUT2D eigenvalue weighted by molar-refractivity contribution is 5.97. The first-order valence-electron chi connectivity index (χ1n) is 11.9. The zero-order valence-electron chi connectivity index (χ0n) is 19.6. The van der Waals surface area contributed by atoms with Crippen LogP contribution in [0.15, 0.2) is 88.2 Å². The molecule has 3 aromatic carbocycles. The first-order valence-corrected chi connectivity index (χ1v) is 11.9. The number of halogens is 3. The summed E-state index contributed by atoms with van der Waals surface area (Å²) < 4.78 is 47.2. The Labute approximate surface area is 209 Å². The first-order chi connectivity index (χ1) is 17.8. The van der Waals surface area contributed by atoms with Gasteiger partial charge in [0, 0.05) is 28.4 Å². The lowest BCUT2D eigenvalue weighted by atomic mass is 9.72. The van der Waals surface area contributed by atoms with E-state index in [9.17, 15) is 18.0 Å². The molecule has 1 aliphatic rings. The van der Waals surface area contributed by atoms with E-state index >= 15 is 0 Å². The van der Waals surface area contributed by atoms with Crippen LogP contribution in [0.5, 0.6) is 0 Å². The van der Waals surface area contributed by atoms with E-state index in [0.717, 1.165) is 31.0 Å². The summed E-state index contributed by atoms with van der Waals surface area (Å²) in [5.41, 5.74) is 7.35. The van der Waals surface area contributed by atoms with Crippen LogP contribution in [0.1, 0.15) is 30.5 Å². The third kappa shape index (κ3) is 3.84. The van der Waals surface area contributed by atoms with Crippen molar-refractivity contribution in [1.29, 1.82) is 0 Å². The summed E-state index contributed by atoms with van der Waals surface area (Å²) in [6.07, 6.45) is -0.607. The molecule has 2 aromatic heterocycles. The Morgan fingerprint density at radius 1 is 0.892 bits per heavy atom. The van der Waals surface area contributed by atoms with Gasteiger partial charge in [-0.05, 0) is 36.5 Å². The van der Waals surface area contributed by atoms with E-state index in [1.54, 1.807) is 24.3 Å². The first kappa shape index (κ1) is 23.2. The number of fused-ring (bicyclic) bond motifs is 1. The third-order valence-electron chi connectivity index (χ3n) is 7.15. The van der Waals surface area contributed by atoms with Crippen molar-refractivity contribution in [1.82, 2.24) is 10.2 Å². The Kier molecular flexibility index (Phi) is 5.31. The molecule has 0 saturated heterocycles. The Morgan fingerprint density at radius 2 is 1.62 bits per heavy atom. The zero-order valence-corrected chi connectivity index (χ0v) is 19.6. The maximum Gasteiger partial charge on any atom is 0.435 e. The van der Waals surface area contributed by atoms with Crippen LogP contribution in [0.4, 0.5) is 13.2 Å². The van der Waals surface area contributed by atoms with E-state index in [0.29, 0.717) is 16.7 Å². The minimum Gasteiger partial charge on any atom is -0.454 e. The molecule has 1 fully saturated rings. The van der Waals surface area contributed by atoms with E-state index in [4.69, 9.17) is 10.2 Å². The second-order valence-corrected chi connectivity index (χ2v) is 9.42. The number of hydrogen-bond donors (Lipinski definition) is 2. The molecule has 1 aliphatic carbocycles. The van der Waals surface area contributed by atoms with Crippen LogP contribution in [-0.2, 0) is 11.7 Å². The SMILES string of the molecule is NC1(c2ccc(-c3c(-c4ccccc4)oc4c(-c5c[nH]nc5C(F)(F)F)cccc4c3=O)cc2)CCC1. The maximum atomic E-state index is 13.9. The van der Waals surface area contributed by atoms with Gasteiger partial charge in [-0.15, -0.1) is 0 Å². The number of nitrogens with two attached hydrogens (primary N) is 1. The highest BCUT2D eigenvalue weighted by Crippen LogP contribution is 2.42. The highest BCUT2D eigenvalue weighted by Gasteiger charge is 2.38. The number of nitrogens with one attached hydrogen (secondary N) is 1. The smallest absolute Gasteiger partial charge is 0.435 e. The van der Waals surface area contributed by atoms with Gasteiger partial charge in [0.15, 0.2) is 5.69 Å². The highest BCUT2D eigenvalue weighted by atomic mass is 19.4. The van der Waals surface area contributed by atoms with Crippen molar-refractivity contribution in [3.63, 3.8) is 0 Å². The average Bonchev–Trinajstić information content (AvgIpc) is 3.38. The van der Waals surface area contributed by atoms with Crippen molar-refractivity contribution in [2.75, 3.05) is 0 Å². The minimum atomic E-state index is -4.68. The zero-order chi connectivity index (χ0) is 25.8. The molecule has 0 bridgehead atoms. The van der Waals surface area contributed by atoms with Crippen LogP contribution >= 0.6 is 0 Å². The van der Waals surface area contributed by atoms with Crippen molar-refractivity contribution >= 4 is 11.0 Å². The Morgan fingerprint density at radius 3 is 2.27 bits per heavy atom. The number of nitrogens with zero attached hydrogens (tertiary/aromatic N) is 1. The molecule has 0 spiro atoms. The molecule has 6 rings (SSSR count). The molecule has 5 aromatic rings. The molecule has 2 heterocycles. The number of hydrogen-bond acceptors (Lipinski definition) is 4. The summed E-state index contributed by atoms with van der Waals surface area (Å²) in [7, 11) is 0. The molecule has 0 amide bonds. The predicted octanol–water partition coefficient (Wildman–Crippen LogP) is 6.87. The normalized spacial score (nSPS) is 15.0. The fraction of sp³-hybridized carbons (Fsp3) is 0.172. The van der Waals surface area contributed by atoms with Gasteiger partial charge in [0.2, 0.25) is 5.43 Å². The van der Waals surface area contributed by atoms with E-state index in [1.807, 2.05) is 42.5 Å². The molecule has 3 N–H and O–H groups in total. The van der Waals surface area contributed by atoms with Gasteiger partial charge in [-0.3, -0.25) is 9.89 Å². The van der Waals surface area contributed by atoms with E-state index in [1.165, 1.54) is 6.07 Å². The molecule has 0 atom stereocenters. The van der Waals surface area contributed by atoms with E-state index in [2.05, 4.69) is 10.2 Å². The summed E-state index contributed by atoms with van der Waals surface area (Å²) in [4.78, 5) is 13.9. The van der Waals surface area contributed by atoms with Crippen molar-refractivity contribution in [3.05, 3.63) is 100 Å². The lowest BCUT2D eigenvalue weighted by Gasteiger charge is -2.38. The van der Waals surface area contributed by atoms with Crippen molar-refractivity contribution in [2.45, 2.75) is 31.0 Å². The molecule has 37 heavy (non-hydrogen) atoms. The monoisotopic (exact) mass is 501 g/mol. The summed E-state index contributed by atoms with van der Waals surface area (Å²) in [6, 6.07) is 21.2. The lowest BCUT2D eigenvalue weighted by molar-refractivity contribution is -0.140. The third-order valence-corrected chi connectivity index (χ3v) is 7.15. The summed E-state index contributed by atoms with van der Waals surface area (Å²) >= 11 is 0. The average molecular weight is 502 g/mol. The van der Waals surface area contributed by atoms with Crippen LogP contribution in [0.25, 0.3) is 44.5 Å². The maximum absolute atomic E-state index is 13.9. The Bertz CT molecular complexity index is 1670. The minimum absolute atomic E-state index is 0.0639. The quantitative estimate of drug-likeness (QED) is 0.281.